The summed E-state index contributed by atoms with van der Waals surface area (Å²) >= 11 is 0. The van der Waals surface area contributed by atoms with Crippen LogP contribution in [0.25, 0.3) is 10.9 Å². The van der Waals surface area contributed by atoms with Crippen LogP contribution in [0.4, 0.5) is 0 Å². The summed E-state index contributed by atoms with van der Waals surface area (Å²) in [6.07, 6.45) is 0.793. The number of aromatic nitrogens is 2. The van der Waals surface area contributed by atoms with Gasteiger partial charge in [-0.2, -0.15) is 0 Å². The number of hydrogen-bond acceptors (Lipinski definition) is 5. The first-order chi connectivity index (χ1) is 11.6. The number of rotatable bonds is 6. The number of benzene rings is 1. The van der Waals surface area contributed by atoms with E-state index < -0.39 is 0 Å². The Hall–Kier alpha value is -2.96. The number of carbonyl (C=O) groups is 1. The van der Waals surface area contributed by atoms with E-state index in [4.69, 9.17) is 14.0 Å². The average molecular weight is 329 g/mol. The lowest BCUT2D eigenvalue weighted by Crippen LogP contribution is -2.22. The van der Waals surface area contributed by atoms with Crippen LogP contribution in [0.15, 0.2) is 28.8 Å². The predicted molar refractivity (Wildman–Crippen MR) is 88.5 cm³/mol. The Kier molecular flexibility index (Phi) is 4.41. The predicted octanol–water partition coefficient (Wildman–Crippen LogP) is 2.67. The highest BCUT2D eigenvalue weighted by atomic mass is 16.5. The lowest BCUT2D eigenvalue weighted by Gasteiger charge is -2.04. The van der Waals surface area contributed by atoms with Crippen LogP contribution in [0.5, 0.6) is 11.5 Å². The SMILES string of the molecule is CCc1cc(CNC(=O)c2cc3c(OC)cc(OC)cc3[nH]2)on1. The van der Waals surface area contributed by atoms with E-state index in [9.17, 15) is 4.79 Å². The van der Waals surface area contributed by atoms with Gasteiger partial charge in [-0.05, 0) is 12.5 Å². The quantitative estimate of drug-likeness (QED) is 0.726. The second-order valence-corrected chi connectivity index (χ2v) is 5.29. The minimum atomic E-state index is -0.235. The van der Waals surface area contributed by atoms with Crippen molar-refractivity contribution in [1.29, 1.82) is 0 Å². The standard InChI is InChI=1S/C17H19N3O4/c1-4-10-5-12(24-20-10)9-18-17(21)15-8-13-14(19-15)6-11(22-2)7-16(13)23-3/h5-8,19H,4,9H2,1-3H3,(H,18,21). The molecule has 0 aliphatic carbocycles. The molecular weight excluding hydrogens is 310 g/mol. The first-order valence-electron chi connectivity index (χ1n) is 7.62. The minimum absolute atomic E-state index is 0.235. The Bertz CT molecular complexity index is 866. The third kappa shape index (κ3) is 3.05. The molecule has 1 amide bonds. The van der Waals surface area contributed by atoms with E-state index in [2.05, 4.69) is 15.5 Å². The first kappa shape index (κ1) is 15.9. The van der Waals surface area contributed by atoms with Crippen LogP contribution >= 0.6 is 0 Å². The highest BCUT2D eigenvalue weighted by Crippen LogP contribution is 2.31. The van der Waals surface area contributed by atoms with Gasteiger partial charge in [-0.1, -0.05) is 12.1 Å². The van der Waals surface area contributed by atoms with Crippen LogP contribution in [0.1, 0.15) is 28.9 Å². The van der Waals surface area contributed by atoms with E-state index in [1.165, 1.54) is 0 Å². The van der Waals surface area contributed by atoms with E-state index in [1.54, 1.807) is 26.4 Å². The van der Waals surface area contributed by atoms with Crippen LogP contribution in [-0.4, -0.2) is 30.3 Å². The van der Waals surface area contributed by atoms with Gasteiger partial charge in [-0.3, -0.25) is 4.79 Å². The molecule has 0 saturated carbocycles. The fraction of sp³-hybridized carbons (Fsp3) is 0.294. The Labute approximate surface area is 138 Å². The minimum Gasteiger partial charge on any atom is -0.497 e. The van der Waals surface area contributed by atoms with Gasteiger partial charge in [-0.15, -0.1) is 0 Å². The van der Waals surface area contributed by atoms with Crippen molar-refractivity contribution in [3.8, 4) is 11.5 Å². The Morgan fingerprint density at radius 3 is 2.75 bits per heavy atom. The van der Waals surface area contributed by atoms with Gasteiger partial charge in [0.2, 0.25) is 0 Å². The monoisotopic (exact) mass is 329 g/mol. The van der Waals surface area contributed by atoms with Gasteiger partial charge >= 0.3 is 0 Å². The lowest BCUT2D eigenvalue weighted by molar-refractivity contribution is 0.0943. The molecule has 7 nitrogen and oxygen atoms in total. The number of H-pyrrole nitrogens is 1. The molecule has 1 aromatic carbocycles. The molecule has 2 heterocycles. The molecule has 0 atom stereocenters. The van der Waals surface area contributed by atoms with Gasteiger partial charge in [0.25, 0.3) is 5.91 Å². The molecule has 2 N–H and O–H groups in total. The van der Waals surface area contributed by atoms with E-state index in [1.807, 2.05) is 19.1 Å². The molecule has 3 rings (SSSR count). The molecule has 2 aromatic heterocycles. The summed E-state index contributed by atoms with van der Waals surface area (Å²) in [4.78, 5) is 15.4. The van der Waals surface area contributed by atoms with Crippen LogP contribution in [0.3, 0.4) is 0 Å². The van der Waals surface area contributed by atoms with Crippen LogP contribution in [0.2, 0.25) is 0 Å². The number of aromatic amines is 1. The average Bonchev–Trinajstić information content (AvgIpc) is 3.24. The molecule has 0 unspecified atom stereocenters. The molecule has 7 heteroatoms. The van der Waals surface area contributed by atoms with Crippen molar-refractivity contribution in [2.75, 3.05) is 14.2 Å². The molecule has 0 spiro atoms. The van der Waals surface area contributed by atoms with Gasteiger partial charge in [-0.25, -0.2) is 0 Å². The Morgan fingerprint density at radius 2 is 2.08 bits per heavy atom. The Morgan fingerprint density at radius 1 is 1.25 bits per heavy atom. The van der Waals surface area contributed by atoms with Crippen molar-refractivity contribution in [3.05, 3.63) is 41.4 Å². The van der Waals surface area contributed by atoms with E-state index >= 15 is 0 Å². The zero-order chi connectivity index (χ0) is 17.1. The van der Waals surface area contributed by atoms with Crippen molar-refractivity contribution in [2.45, 2.75) is 19.9 Å². The highest BCUT2D eigenvalue weighted by molar-refractivity contribution is 6.00. The number of hydrogen-bond donors (Lipinski definition) is 2. The summed E-state index contributed by atoms with van der Waals surface area (Å²) in [5.41, 5.74) is 2.07. The number of methoxy groups -OCH3 is 2. The van der Waals surface area contributed by atoms with Crippen molar-refractivity contribution < 1.29 is 18.8 Å². The summed E-state index contributed by atoms with van der Waals surface area (Å²) in [6.45, 7) is 2.27. The smallest absolute Gasteiger partial charge is 0.268 e. The zero-order valence-corrected chi connectivity index (χ0v) is 13.8. The third-order valence-electron chi connectivity index (χ3n) is 3.77. The third-order valence-corrected chi connectivity index (χ3v) is 3.77. The topological polar surface area (TPSA) is 89.4 Å². The number of amides is 1. The van der Waals surface area contributed by atoms with E-state index in [-0.39, 0.29) is 12.5 Å². The largest absolute Gasteiger partial charge is 0.497 e. The molecule has 0 aliphatic rings. The number of nitrogens with one attached hydrogen (secondary N) is 2. The Balaban J connectivity index is 1.79. The molecule has 24 heavy (non-hydrogen) atoms. The molecule has 3 aromatic rings. The molecule has 0 fully saturated rings. The number of aryl methyl sites for hydroxylation is 1. The fourth-order valence-electron chi connectivity index (χ4n) is 2.46. The van der Waals surface area contributed by atoms with E-state index in [0.29, 0.717) is 23.0 Å². The van der Waals surface area contributed by atoms with Gasteiger partial charge < -0.3 is 24.3 Å². The van der Waals surface area contributed by atoms with E-state index in [0.717, 1.165) is 23.0 Å². The van der Waals surface area contributed by atoms with Crippen LogP contribution < -0.4 is 14.8 Å². The maximum absolute atomic E-state index is 12.3. The second kappa shape index (κ2) is 6.66. The summed E-state index contributed by atoms with van der Waals surface area (Å²) in [6, 6.07) is 7.18. The number of nitrogens with zero attached hydrogens (tertiary/aromatic N) is 1. The summed E-state index contributed by atoms with van der Waals surface area (Å²) in [5.74, 6) is 1.68. The lowest BCUT2D eigenvalue weighted by atomic mass is 10.2. The maximum atomic E-state index is 12.3. The summed E-state index contributed by atoms with van der Waals surface area (Å²) in [5, 5.41) is 7.52. The second-order valence-electron chi connectivity index (χ2n) is 5.29. The van der Waals surface area contributed by atoms with Gasteiger partial charge in [0.1, 0.15) is 17.2 Å². The summed E-state index contributed by atoms with van der Waals surface area (Å²) < 4.78 is 15.7. The highest BCUT2D eigenvalue weighted by Gasteiger charge is 2.14. The van der Waals surface area contributed by atoms with Crippen LogP contribution in [0, 0.1) is 0 Å². The normalized spacial score (nSPS) is 10.8. The van der Waals surface area contributed by atoms with Crippen LogP contribution in [-0.2, 0) is 13.0 Å². The van der Waals surface area contributed by atoms with Crippen molar-refractivity contribution in [3.63, 3.8) is 0 Å². The fourth-order valence-corrected chi connectivity index (χ4v) is 2.46. The molecule has 126 valence electrons. The van der Waals surface area contributed by atoms with Crippen molar-refractivity contribution >= 4 is 16.8 Å². The number of carbonyl (C=O) groups excluding carboxylic acids is 1. The molecule has 0 saturated heterocycles. The molecular formula is C17H19N3O4. The van der Waals surface area contributed by atoms with Crippen molar-refractivity contribution in [2.24, 2.45) is 0 Å². The number of ether oxygens (including phenoxy) is 2. The summed E-state index contributed by atoms with van der Waals surface area (Å²) in [7, 11) is 3.16. The number of fused-ring (bicyclic) bond motifs is 1. The van der Waals surface area contributed by atoms with Gasteiger partial charge in [0.15, 0.2) is 5.76 Å². The van der Waals surface area contributed by atoms with Gasteiger partial charge in [0, 0.05) is 23.6 Å². The first-order valence-corrected chi connectivity index (χ1v) is 7.62. The maximum Gasteiger partial charge on any atom is 0.268 e. The van der Waals surface area contributed by atoms with Crippen molar-refractivity contribution in [1.82, 2.24) is 15.5 Å². The van der Waals surface area contributed by atoms with Gasteiger partial charge in [0.05, 0.1) is 32.0 Å². The molecule has 0 bridgehead atoms. The zero-order valence-electron chi connectivity index (χ0n) is 13.8. The molecule has 0 radical (unpaired) electrons. The molecule has 0 aliphatic heterocycles.